The zero-order valence-electron chi connectivity index (χ0n) is 20.8. The Bertz CT molecular complexity index is 1480. The van der Waals surface area contributed by atoms with E-state index in [9.17, 15) is 14.7 Å². The van der Waals surface area contributed by atoms with E-state index in [0.717, 1.165) is 16.5 Å². The Balaban J connectivity index is 1.80. The summed E-state index contributed by atoms with van der Waals surface area (Å²) in [5, 5.41) is 16.1. The first-order valence-corrected chi connectivity index (χ1v) is 11.3. The average molecular weight is 502 g/mol. The molecular formula is C28H25N2O7-. The number of carbonyl (C=O) groups excluding carboxylic acids is 2. The maximum atomic E-state index is 13.1. The number of benzene rings is 3. The van der Waals surface area contributed by atoms with Crippen LogP contribution in [0.15, 0.2) is 60.8 Å². The minimum absolute atomic E-state index is 0.0247. The molecule has 0 aliphatic heterocycles. The van der Waals surface area contributed by atoms with E-state index in [1.165, 1.54) is 32.4 Å². The fraction of sp³-hybridized carbons (Fsp3) is 0.179. The molecule has 0 radical (unpaired) electrons. The van der Waals surface area contributed by atoms with Crippen LogP contribution in [0.2, 0.25) is 0 Å². The van der Waals surface area contributed by atoms with Crippen LogP contribution >= 0.6 is 0 Å². The lowest BCUT2D eigenvalue weighted by Crippen LogP contribution is -2.26. The van der Waals surface area contributed by atoms with Crippen molar-refractivity contribution in [3.8, 4) is 23.0 Å². The maximum Gasteiger partial charge on any atom is 0.256 e. The Morgan fingerprint density at radius 1 is 0.811 bits per heavy atom. The van der Waals surface area contributed by atoms with E-state index >= 15 is 0 Å². The van der Waals surface area contributed by atoms with E-state index < -0.39 is 11.9 Å². The number of carbonyl (C=O) groups is 2. The third-order valence-corrected chi connectivity index (χ3v) is 5.96. The van der Waals surface area contributed by atoms with Crippen LogP contribution in [0, 0.1) is 0 Å². The summed E-state index contributed by atoms with van der Waals surface area (Å²) in [4.78, 5) is 29.3. The lowest BCUT2D eigenvalue weighted by atomic mass is 10.0. The van der Waals surface area contributed by atoms with E-state index in [0.29, 0.717) is 40.7 Å². The van der Waals surface area contributed by atoms with Crippen LogP contribution < -0.4 is 29.4 Å². The Hall–Kier alpha value is -4.79. The second-order valence-corrected chi connectivity index (χ2v) is 8.01. The Morgan fingerprint density at radius 3 is 2.05 bits per heavy atom. The van der Waals surface area contributed by atoms with Crippen molar-refractivity contribution >= 4 is 28.3 Å². The van der Waals surface area contributed by atoms with Gasteiger partial charge in [-0.25, -0.2) is 0 Å². The van der Waals surface area contributed by atoms with Crippen LogP contribution in [-0.2, 0) is 6.42 Å². The van der Waals surface area contributed by atoms with Gasteiger partial charge in [0.15, 0.2) is 23.0 Å². The number of aromatic nitrogens is 1. The normalized spacial score (nSPS) is 10.6. The van der Waals surface area contributed by atoms with Gasteiger partial charge in [0.1, 0.15) is 0 Å². The molecule has 190 valence electrons. The number of carboxylic acid groups (broad SMARTS) is 1. The van der Waals surface area contributed by atoms with Crippen LogP contribution in [0.3, 0.4) is 0 Å². The monoisotopic (exact) mass is 501 g/mol. The summed E-state index contributed by atoms with van der Waals surface area (Å²) in [6, 6.07) is 14.8. The summed E-state index contributed by atoms with van der Waals surface area (Å²) >= 11 is 0. The molecule has 9 nitrogen and oxygen atoms in total. The van der Waals surface area contributed by atoms with Gasteiger partial charge in [0, 0.05) is 40.9 Å². The second kappa shape index (κ2) is 10.9. The summed E-state index contributed by atoms with van der Waals surface area (Å²) in [5.41, 5.74) is 1.57. The quantitative estimate of drug-likeness (QED) is 0.370. The lowest BCUT2D eigenvalue weighted by Gasteiger charge is -2.18. The highest BCUT2D eigenvalue weighted by molar-refractivity contribution is 6.10. The molecule has 0 aliphatic carbocycles. The SMILES string of the molecule is COc1cc(Cc2nccc3cc(OC)c(OC)cc23)c(NC(=O)c2ccccc2C(=O)[O-])cc1OC. The fourth-order valence-electron chi connectivity index (χ4n) is 4.11. The van der Waals surface area contributed by atoms with Crippen LogP contribution in [0.1, 0.15) is 32.0 Å². The van der Waals surface area contributed by atoms with Crippen molar-refractivity contribution in [2.75, 3.05) is 33.8 Å². The number of pyridine rings is 1. The number of carboxylic acids is 1. The first kappa shape index (κ1) is 25.3. The van der Waals surface area contributed by atoms with Crippen molar-refractivity contribution in [3.63, 3.8) is 0 Å². The van der Waals surface area contributed by atoms with Crippen molar-refractivity contribution in [2.24, 2.45) is 0 Å². The largest absolute Gasteiger partial charge is 0.545 e. The Morgan fingerprint density at radius 2 is 1.41 bits per heavy atom. The molecule has 9 heteroatoms. The minimum Gasteiger partial charge on any atom is -0.545 e. The Labute approximate surface area is 213 Å². The molecule has 0 saturated heterocycles. The number of ether oxygens (including phenoxy) is 4. The third kappa shape index (κ3) is 5.11. The zero-order valence-corrected chi connectivity index (χ0v) is 20.8. The van der Waals surface area contributed by atoms with Gasteiger partial charge in [-0.05, 0) is 41.3 Å². The van der Waals surface area contributed by atoms with E-state index in [-0.39, 0.29) is 11.1 Å². The topological polar surface area (TPSA) is 119 Å². The number of rotatable bonds is 9. The molecule has 0 saturated carbocycles. The van der Waals surface area contributed by atoms with E-state index in [4.69, 9.17) is 18.9 Å². The van der Waals surface area contributed by atoms with Gasteiger partial charge in [-0.2, -0.15) is 0 Å². The summed E-state index contributed by atoms with van der Waals surface area (Å²) in [7, 11) is 6.14. The van der Waals surface area contributed by atoms with Gasteiger partial charge >= 0.3 is 0 Å². The number of hydrogen-bond acceptors (Lipinski definition) is 8. The van der Waals surface area contributed by atoms with Gasteiger partial charge < -0.3 is 34.2 Å². The van der Waals surface area contributed by atoms with E-state index in [1.807, 2.05) is 18.2 Å². The summed E-state index contributed by atoms with van der Waals surface area (Å²) < 4.78 is 21.8. The van der Waals surface area contributed by atoms with Gasteiger partial charge in [-0.3, -0.25) is 9.78 Å². The first-order valence-electron chi connectivity index (χ1n) is 11.3. The Kier molecular flexibility index (Phi) is 7.43. The number of anilines is 1. The molecule has 1 aromatic heterocycles. The highest BCUT2D eigenvalue weighted by Gasteiger charge is 2.19. The van der Waals surface area contributed by atoms with Crippen molar-refractivity contribution in [3.05, 3.63) is 83.2 Å². The maximum absolute atomic E-state index is 13.1. The first-order chi connectivity index (χ1) is 17.9. The highest BCUT2D eigenvalue weighted by Crippen LogP contribution is 2.37. The van der Waals surface area contributed by atoms with Crippen LogP contribution in [0.25, 0.3) is 10.8 Å². The van der Waals surface area contributed by atoms with Gasteiger partial charge in [-0.15, -0.1) is 0 Å². The standard InChI is InChI=1S/C28H26N2O7/c1-34-23-12-16-9-10-29-22(20(16)14-25(23)36-3)11-17-13-24(35-2)26(37-4)15-21(17)30-27(31)18-7-5-6-8-19(18)28(32)33/h5-10,12-15H,11H2,1-4H3,(H,30,31)(H,32,33)/p-1. The van der Waals surface area contributed by atoms with Gasteiger partial charge in [-0.1, -0.05) is 18.2 Å². The van der Waals surface area contributed by atoms with E-state index in [2.05, 4.69) is 10.3 Å². The number of hydrogen-bond donors (Lipinski definition) is 1. The van der Waals surface area contributed by atoms with Crippen LogP contribution in [0.4, 0.5) is 5.69 Å². The fourth-order valence-corrected chi connectivity index (χ4v) is 4.11. The lowest BCUT2D eigenvalue weighted by molar-refractivity contribution is -0.255. The van der Waals surface area contributed by atoms with Gasteiger partial charge in [0.05, 0.1) is 40.1 Å². The molecule has 0 atom stereocenters. The second-order valence-electron chi connectivity index (χ2n) is 8.01. The molecule has 0 bridgehead atoms. The molecule has 1 amide bonds. The molecule has 37 heavy (non-hydrogen) atoms. The van der Waals surface area contributed by atoms with Crippen LogP contribution in [0.5, 0.6) is 23.0 Å². The van der Waals surface area contributed by atoms with Crippen molar-refractivity contribution in [1.82, 2.24) is 4.98 Å². The summed E-state index contributed by atoms with van der Waals surface area (Å²) in [5.74, 6) is -0.0351. The predicted molar refractivity (Wildman–Crippen MR) is 136 cm³/mol. The molecule has 3 aromatic carbocycles. The number of nitrogens with zero attached hydrogens (tertiary/aromatic N) is 1. The van der Waals surface area contributed by atoms with Gasteiger partial charge in [0.25, 0.3) is 5.91 Å². The highest BCUT2D eigenvalue weighted by atomic mass is 16.5. The minimum atomic E-state index is -1.44. The summed E-state index contributed by atoms with van der Waals surface area (Å²) in [6.07, 6.45) is 2.00. The molecule has 0 spiro atoms. The number of nitrogens with one attached hydrogen (secondary N) is 1. The molecule has 4 aromatic rings. The van der Waals surface area contributed by atoms with Crippen LogP contribution in [-0.4, -0.2) is 45.3 Å². The van der Waals surface area contributed by atoms with Crippen molar-refractivity contribution in [2.45, 2.75) is 6.42 Å². The molecular weight excluding hydrogens is 476 g/mol. The predicted octanol–water partition coefficient (Wildman–Crippen LogP) is 3.48. The third-order valence-electron chi connectivity index (χ3n) is 5.96. The van der Waals surface area contributed by atoms with Crippen molar-refractivity contribution < 1.29 is 33.6 Å². The smallest absolute Gasteiger partial charge is 0.256 e. The number of fused-ring (bicyclic) bond motifs is 1. The molecule has 4 rings (SSSR count). The number of aromatic carboxylic acids is 1. The molecule has 1 N–H and O–H groups in total. The number of methoxy groups -OCH3 is 4. The zero-order chi connectivity index (χ0) is 26.5. The summed E-state index contributed by atoms with van der Waals surface area (Å²) in [6.45, 7) is 0. The number of amides is 1. The van der Waals surface area contributed by atoms with Gasteiger partial charge in [0.2, 0.25) is 0 Å². The van der Waals surface area contributed by atoms with Crippen molar-refractivity contribution in [1.29, 1.82) is 0 Å². The molecule has 0 unspecified atom stereocenters. The molecule has 0 aliphatic rings. The molecule has 1 heterocycles. The van der Waals surface area contributed by atoms with E-state index in [1.54, 1.807) is 38.6 Å². The molecule has 0 fully saturated rings. The average Bonchev–Trinajstić information content (AvgIpc) is 2.92.